The monoisotopic (exact) mass is 565 g/mol. The first-order chi connectivity index (χ1) is 19.8. The third-order valence-electron chi connectivity index (χ3n) is 6.82. The molecule has 41 heavy (non-hydrogen) atoms. The average Bonchev–Trinajstić information content (AvgIpc) is 3.43. The normalized spacial score (nSPS) is 14.2. The highest BCUT2D eigenvalue weighted by atomic mass is 19.1. The summed E-state index contributed by atoms with van der Waals surface area (Å²) in [5, 5.41) is 13.6. The first kappa shape index (κ1) is 28.0. The van der Waals surface area contributed by atoms with Crippen molar-refractivity contribution >= 4 is 40.0 Å². The fourth-order valence-corrected chi connectivity index (χ4v) is 4.63. The van der Waals surface area contributed by atoms with Gasteiger partial charge in [-0.2, -0.15) is 10.1 Å². The molecule has 2 aromatic heterocycles. The number of hydrogen-bond donors (Lipinski definition) is 3. The van der Waals surface area contributed by atoms with Gasteiger partial charge in [0.25, 0.3) is 0 Å². The van der Waals surface area contributed by atoms with Crippen molar-refractivity contribution in [3.63, 3.8) is 0 Å². The molecule has 5 rings (SSSR count). The topological polar surface area (TPSA) is 115 Å². The second kappa shape index (κ2) is 12.3. The number of fused-ring (bicyclic) bond motifs is 1. The van der Waals surface area contributed by atoms with Gasteiger partial charge in [-0.15, -0.1) is 0 Å². The van der Waals surface area contributed by atoms with Crippen LogP contribution in [0, 0.1) is 5.82 Å². The Labute approximate surface area is 242 Å². The Kier molecular flexibility index (Phi) is 8.41. The molecule has 2 aromatic carbocycles. The zero-order valence-corrected chi connectivity index (χ0v) is 23.6. The van der Waals surface area contributed by atoms with Gasteiger partial charge in [0, 0.05) is 60.0 Å². The highest BCUT2D eigenvalue weighted by Crippen LogP contribution is 2.34. The van der Waals surface area contributed by atoms with E-state index < -0.39 is 5.82 Å². The van der Waals surface area contributed by atoms with E-state index in [9.17, 15) is 4.79 Å². The van der Waals surface area contributed by atoms with Crippen LogP contribution in [0.15, 0.2) is 54.7 Å². The number of nitrogens with zero attached hydrogens (tertiary/aromatic N) is 6. The van der Waals surface area contributed by atoms with Crippen LogP contribution in [0.3, 0.4) is 0 Å². The van der Waals surface area contributed by atoms with Gasteiger partial charge in [0.2, 0.25) is 11.9 Å². The van der Waals surface area contributed by atoms with E-state index in [0.29, 0.717) is 29.0 Å². The third-order valence-corrected chi connectivity index (χ3v) is 6.82. The van der Waals surface area contributed by atoms with E-state index >= 15 is 4.39 Å². The van der Waals surface area contributed by atoms with Crippen LogP contribution in [0.2, 0.25) is 0 Å². The number of carbonyl (C=O) groups excluding carboxylic acids is 1. The highest BCUT2D eigenvalue weighted by Gasteiger charge is 2.20. The second-order valence-electron chi connectivity index (χ2n) is 10.2. The number of hydrogen-bond acceptors (Lipinski definition) is 9. The van der Waals surface area contributed by atoms with Crippen molar-refractivity contribution in [1.29, 1.82) is 0 Å². The van der Waals surface area contributed by atoms with Crippen LogP contribution in [0.4, 0.5) is 27.4 Å². The fourth-order valence-electron chi connectivity index (χ4n) is 4.63. The van der Waals surface area contributed by atoms with Gasteiger partial charge in [-0.3, -0.25) is 9.89 Å². The van der Waals surface area contributed by atoms with Crippen molar-refractivity contribution < 1.29 is 18.2 Å². The molecule has 0 bridgehead atoms. The van der Waals surface area contributed by atoms with E-state index in [-0.39, 0.29) is 21.7 Å². The van der Waals surface area contributed by atoms with Crippen molar-refractivity contribution in [3.8, 4) is 17.0 Å². The molecule has 3 heterocycles. The van der Waals surface area contributed by atoms with Gasteiger partial charge in [-0.05, 0) is 57.5 Å². The number of H-pyrrole nitrogens is 1. The Bertz CT molecular complexity index is 1580. The predicted octanol–water partition coefficient (Wildman–Crippen LogP) is 4.46. The summed E-state index contributed by atoms with van der Waals surface area (Å²) in [6.45, 7) is 4.31. The molecular weight excluding hydrogens is 525 g/mol. The zero-order chi connectivity index (χ0) is 28.9. The molecule has 3 N–H and O–H groups in total. The SMILES string of the molecule is COc1ccc(Nc2nc(-c3cc(NC(=O)/C=C/CN(C)C)ccc3F)c3cn[nH]c3n2)cc1N1CCN(C)CC1.[HH].[HH].[HH]. The number of rotatable bonds is 9. The van der Waals surface area contributed by atoms with E-state index in [0.717, 1.165) is 43.3 Å². The summed E-state index contributed by atoms with van der Waals surface area (Å²) in [5.41, 5.74) is 3.18. The summed E-state index contributed by atoms with van der Waals surface area (Å²) in [4.78, 5) is 28.1. The molecule has 0 aliphatic carbocycles. The molecular formula is C29H40FN9O2. The summed E-state index contributed by atoms with van der Waals surface area (Å²) in [6.07, 6.45) is 4.77. The first-order valence-electron chi connectivity index (χ1n) is 13.3. The maximum atomic E-state index is 15.2. The summed E-state index contributed by atoms with van der Waals surface area (Å²) in [5.74, 6) is 0.258. The molecule has 220 valence electrons. The van der Waals surface area contributed by atoms with Crippen molar-refractivity contribution in [2.75, 3.05) is 76.5 Å². The Morgan fingerprint density at radius 1 is 1.15 bits per heavy atom. The summed E-state index contributed by atoms with van der Waals surface area (Å²) < 4.78 is 20.8. The lowest BCUT2D eigenvalue weighted by molar-refractivity contribution is -0.111. The Morgan fingerprint density at radius 2 is 1.93 bits per heavy atom. The van der Waals surface area contributed by atoms with Crippen LogP contribution in [0.1, 0.15) is 4.28 Å². The van der Waals surface area contributed by atoms with Crippen LogP contribution in [0.5, 0.6) is 5.75 Å². The second-order valence-corrected chi connectivity index (χ2v) is 10.2. The van der Waals surface area contributed by atoms with Crippen LogP contribution in [0.25, 0.3) is 22.3 Å². The molecule has 1 aliphatic rings. The van der Waals surface area contributed by atoms with Crippen LogP contribution in [-0.4, -0.2) is 96.8 Å². The van der Waals surface area contributed by atoms with Gasteiger partial charge in [0.15, 0.2) is 5.65 Å². The predicted molar refractivity (Wildman–Crippen MR) is 166 cm³/mol. The van der Waals surface area contributed by atoms with Gasteiger partial charge in [0.1, 0.15) is 11.6 Å². The Hall–Kier alpha value is -4.55. The molecule has 0 unspecified atom stereocenters. The lowest BCUT2D eigenvalue weighted by Gasteiger charge is -2.34. The summed E-state index contributed by atoms with van der Waals surface area (Å²) in [6, 6.07) is 10.2. The van der Waals surface area contributed by atoms with Crippen LogP contribution < -0.4 is 20.3 Å². The number of amides is 1. The number of benzene rings is 2. The number of nitrogens with one attached hydrogen (secondary N) is 3. The van der Waals surface area contributed by atoms with Gasteiger partial charge in [0.05, 0.1) is 30.1 Å². The molecule has 1 fully saturated rings. The molecule has 0 spiro atoms. The van der Waals surface area contributed by atoms with Crippen molar-refractivity contribution in [1.82, 2.24) is 30.0 Å². The van der Waals surface area contributed by atoms with Gasteiger partial charge in [-0.1, -0.05) is 6.08 Å². The van der Waals surface area contributed by atoms with Gasteiger partial charge in [-0.25, -0.2) is 9.37 Å². The van der Waals surface area contributed by atoms with E-state index in [1.807, 2.05) is 37.2 Å². The van der Waals surface area contributed by atoms with E-state index in [1.54, 1.807) is 25.4 Å². The number of carbonyl (C=O) groups is 1. The van der Waals surface area contributed by atoms with E-state index in [4.69, 9.17) is 4.74 Å². The maximum Gasteiger partial charge on any atom is 0.248 e. The molecule has 1 aliphatic heterocycles. The number of halogens is 1. The lowest BCUT2D eigenvalue weighted by Crippen LogP contribution is -2.44. The number of methoxy groups -OCH3 is 1. The standard InChI is InChI=1S/C29H34FN9O2.3H2/c1-37(2)11-5-6-26(40)32-19-7-9-23(30)21(16-19)27-22-18-31-36-28(22)35-29(34-27)33-20-8-10-25(41-4)24(17-20)39-14-12-38(3)13-15-39;;;/h5-10,16-18H,11-15H2,1-4H3,(H,32,40)(H2,31,33,34,35,36);3*1H/b6-5+;;;. The maximum absolute atomic E-state index is 15.2. The van der Waals surface area contributed by atoms with Crippen molar-refractivity contribution in [2.45, 2.75) is 0 Å². The minimum atomic E-state index is -0.486. The van der Waals surface area contributed by atoms with Gasteiger partial charge < -0.3 is 30.1 Å². The number of aromatic nitrogens is 4. The number of ether oxygens (including phenoxy) is 1. The number of likely N-dealkylation sites (N-methyl/N-ethyl adjacent to an activating group) is 2. The van der Waals surface area contributed by atoms with Gasteiger partial charge >= 0.3 is 0 Å². The van der Waals surface area contributed by atoms with Crippen LogP contribution >= 0.6 is 0 Å². The summed E-state index contributed by atoms with van der Waals surface area (Å²) >= 11 is 0. The first-order valence-corrected chi connectivity index (χ1v) is 13.3. The third kappa shape index (κ3) is 6.61. The molecule has 1 amide bonds. The molecule has 1 saturated heterocycles. The molecule has 0 atom stereocenters. The minimum Gasteiger partial charge on any atom is -0.495 e. The number of anilines is 4. The fraction of sp³-hybridized carbons (Fsp3) is 0.310. The molecule has 4 aromatic rings. The van der Waals surface area contributed by atoms with E-state index in [1.165, 1.54) is 18.2 Å². The molecule has 11 nitrogen and oxygen atoms in total. The summed E-state index contributed by atoms with van der Waals surface area (Å²) in [7, 11) is 7.60. The number of piperazine rings is 1. The van der Waals surface area contributed by atoms with Crippen molar-refractivity contribution in [2.24, 2.45) is 0 Å². The Balaban J connectivity index is 0.00000225. The molecule has 12 heteroatoms. The Morgan fingerprint density at radius 3 is 2.68 bits per heavy atom. The smallest absolute Gasteiger partial charge is 0.248 e. The average molecular weight is 566 g/mol. The largest absolute Gasteiger partial charge is 0.495 e. The van der Waals surface area contributed by atoms with Crippen LogP contribution in [-0.2, 0) is 4.79 Å². The minimum absolute atomic E-state index is 0. The quantitative estimate of drug-likeness (QED) is 0.253. The van der Waals surface area contributed by atoms with Crippen molar-refractivity contribution in [3.05, 3.63) is 60.6 Å². The lowest BCUT2D eigenvalue weighted by atomic mass is 10.1. The highest BCUT2D eigenvalue weighted by molar-refractivity contribution is 6.00. The zero-order valence-electron chi connectivity index (χ0n) is 23.6. The number of aromatic amines is 1. The molecule has 0 saturated carbocycles. The van der Waals surface area contributed by atoms with E-state index in [2.05, 4.69) is 47.6 Å². The molecule has 0 radical (unpaired) electrons.